The average Bonchev–Trinajstić information content (AvgIpc) is 3.07. The van der Waals surface area contributed by atoms with Crippen LogP contribution in [0.25, 0.3) is 0 Å². The minimum absolute atomic E-state index is 0.410. The van der Waals surface area contributed by atoms with Crippen LogP contribution in [-0.2, 0) is 0 Å². The molecule has 1 saturated heterocycles. The molecule has 2 heterocycles. The molecule has 0 amide bonds. The van der Waals surface area contributed by atoms with Crippen LogP contribution in [0.4, 0.5) is 0 Å². The number of nitrogens with one attached hydrogen (secondary N) is 1. The molecule has 2 aliphatic rings. The van der Waals surface area contributed by atoms with Crippen molar-refractivity contribution in [2.75, 3.05) is 13.1 Å². The van der Waals surface area contributed by atoms with Gasteiger partial charge in [-0.1, -0.05) is 25.4 Å². The fourth-order valence-corrected chi connectivity index (χ4v) is 3.53. The van der Waals surface area contributed by atoms with Crippen LogP contribution in [0.3, 0.4) is 0 Å². The molecule has 1 aliphatic carbocycles. The molecule has 3 rings (SSSR count). The standard InChI is InChI=1S/C15H25N3O/c1-3-11-4-6-12(7-5-11)14-17-15(19-18-14)13-9-16-8-10(13)2/h10-13,16H,3-9H2,1-2H3. The van der Waals surface area contributed by atoms with Gasteiger partial charge in [0, 0.05) is 12.5 Å². The molecule has 0 bridgehead atoms. The van der Waals surface area contributed by atoms with Crippen molar-refractivity contribution in [3.05, 3.63) is 11.7 Å². The summed E-state index contributed by atoms with van der Waals surface area (Å²) >= 11 is 0. The second kappa shape index (κ2) is 5.61. The molecule has 1 aliphatic heterocycles. The van der Waals surface area contributed by atoms with Gasteiger partial charge in [-0.15, -0.1) is 0 Å². The van der Waals surface area contributed by atoms with E-state index in [9.17, 15) is 0 Å². The Hall–Kier alpha value is -0.900. The van der Waals surface area contributed by atoms with Gasteiger partial charge in [0.15, 0.2) is 5.82 Å². The van der Waals surface area contributed by atoms with Crippen molar-refractivity contribution < 1.29 is 4.52 Å². The lowest BCUT2D eigenvalue weighted by Gasteiger charge is -2.25. The second-order valence-electron chi connectivity index (χ2n) is 6.36. The predicted molar refractivity (Wildman–Crippen MR) is 74.1 cm³/mol. The first-order chi connectivity index (χ1) is 9.28. The Morgan fingerprint density at radius 2 is 2.00 bits per heavy atom. The molecule has 1 N–H and O–H groups in total. The molecule has 0 aromatic carbocycles. The highest BCUT2D eigenvalue weighted by molar-refractivity contribution is 5.04. The highest BCUT2D eigenvalue weighted by Crippen LogP contribution is 2.36. The minimum Gasteiger partial charge on any atom is -0.339 e. The van der Waals surface area contributed by atoms with Gasteiger partial charge in [-0.3, -0.25) is 0 Å². The van der Waals surface area contributed by atoms with Crippen LogP contribution < -0.4 is 5.32 Å². The molecular formula is C15H25N3O. The Kier molecular flexibility index (Phi) is 3.87. The largest absolute Gasteiger partial charge is 0.339 e. The lowest BCUT2D eigenvalue weighted by molar-refractivity contribution is 0.299. The number of rotatable bonds is 3. The van der Waals surface area contributed by atoms with E-state index < -0.39 is 0 Å². The Morgan fingerprint density at radius 1 is 1.21 bits per heavy atom. The minimum atomic E-state index is 0.410. The Bertz CT molecular complexity index is 409. The smallest absolute Gasteiger partial charge is 0.231 e. The molecule has 2 atom stereocenters. The summed E-state index contributed by atoms with van der Waals surface area (Å²) in [6, 6.07) is 0. The normalized spacial score (nSPS) is 35.7. The van der Waals surface area contributed by atoms with Crippen LogP contribution >= 0.6 is 0 Å². The molecule has 1 aromatic rings. The SMILES string of the molecule is CCC1CCC(c2noc(C3CNCC3C)n2)CC1. The van der Waals surface area contributed by atoms with E-state index in [2.05, 4.69) is 24.3 Å². The van der Waals surface area contributed by atoms with E-state index in [4.69, 9.17) is 9.51 Å². The van der Waals surface area contributed by atoms with Crippen LogP contribution in [0.15, 0.2) is 4.52 Å². The van der Waals surface area contributed by atoms with E-state index >= 15 is 0 Å². The van der Waals surface area contributed by atoms with Crippen molar-refractivity contribution in [1.29, 1.82) is 0 Å². The van der Waals surface area contributed by atoms with Gasteiger partial charge in [0.1, 0.15) is 0 Å². The molecule has 106 valence electrons. The molecule has 1 aromatic heterocycles. The number of hydrogen-bond acceptors (Lipinski definition) is 4. The Morgan fingerprint density at radius 3 is 2.63 bits per heavy atom. The van der Waals surface area contributed by atoms with Crippen molar-refractivity contribution in [2.24, 2.45) is 11.8 Å². The molecule has 0 radical (unpaired) electrons. The molecule has 2 unspecified atom stereocenters. The van der Waals surface area contributed by atoms with E-state index in [-0.39, 0.29) is 0 Å². The maximum Gasteiger partial charge on any atom is 0.231 e. The van der Waals surface area contributed by atoms with E-state index in [0.29, 0.717) is 17.8 Å². The molecular weight excluding hydrogens is 238 g/mol. The zero-order valence-corrected chi connectivity index (χ0v) is 12.1. The van der Waals surface area contributed by atoms with Gasteiger partial charge in [-0.2, -0.15) is 4.98 Å². The van der Waals surface area contributed by atoms with Crippen molar-refractivity contribution in [3.63, 3.8) is 0 Å². The predicted octanol–water partition coefficient (Wildman–Crippen LogP) is 3.08. The van der Waals surface area contributed by atoms with Gasteiger partial charge in [0.25, 0.3) is 0 Å². The van der Waals surface area contributed by atoms with E-state index in [0.717, 1.165) is 30.7 Å². The summed E-state index contributed by atoms with van der Waals surface area (Å²) in [4.78, 5) is 4.70. The summed E-state index contributed by atoms with van der Waals surface area (Å²) in [5, 5.41) is 7.65. The zero-order chi connectivity index (χ0) is 13.2. The molecule has 4 nitrogen and oxygen atoms in total. The maximum absolute atomic E-state index is 5.52. The van der Waals surface area contributed by atoms with E-state index in [1.165, 1.54) is 32.1 Å². The lowest BCUT2D eigenvalue weighted by Crippen LogP contribution is -2.14. The number of hydrogen-bond donors (Lipinski definition) is 1. The van der Waals surface area contributed by atoms with E-state index in [1.54, 1.807) is 0 Å². The first-order valence-corrected chi connectivity index (χ1v) is 7.82. The lowest BCUT2D eigenvalue weighted by atomic mass is 9.80. The molecule has 2 fully saturated rings. The van der Waals surface area contributed by atoms with E-state index in [1.807, 2.05) is 0 Å². The van der Waals surface area contributed by atoms with Gasteiger partial charge >= 0.3 is 0 Å². The third-order valence-corrected chi connectivity index (χ3v) is 5.08. The first-order valence-electron chi connectivity index (χ1n) is 7.82. The monoisotopic (exact) mass is 263 g/mol. The fourth-order valence-electron chi connectivity index (χ4n) is 3.53. The average molecular weight is 263 g/mol. The first kappa shape index (κ1) is 13.1. The van der Waals surface area contributed by atoms with Gasteiger partial charge in [0.05, 0.1) is 5.92 Å². The van der Waals surface area contributed by atoms with Crippen molar-refractivity contribution in [2.45, 2.75) is 57.8 Å². The second-order valence-corrected chi connectivity index (χ2v) is 6.36. The zero-order valence-electron chi connectivity index (χ0n) is 12.1. The van der Waals surface area contributed by atoms with Gasteiger partial charge in [-0.25, -0.2) is 0 Å². The summed E-state index contributed by atoms with van der Waals surface area (Å²) in [5.74, 6) is 4.28. The Balaban J connectivity index is 1.65. The molecule has 1 saturated carbocycles. The summed E-state index contributed by atoms with van der Waals surface area (Å²) in [7, 11) is 0. The summed E-state index contributed by atoms with van der Waals surface area (Å²) in [6.07, 6.45) is 6.43. The van der Waals surface area contributed by atoms with Crippen LogP contribution in [0, 0.1) is 11.8 Å². The number of nitrogens with zero attached hydrogens (tertiary/aromatic N) is 2. The van der Waals surface area contributed by atoms with Crippen molar-refractivity contribution in [3.8, 4) is 0 Å². The topological polar surface area (TPSA) is 51.0 Å². The quantitative estimate of drug-likeness (QED) is 0.910. The molecule has 4 heteroatoms. The highest BCUT2D eigenvalue weighted by atomic mass is 16.5. The van der Waals surface area contributed by atoms with Crippen LogP contribution in [0.5, 0.6) is 0 Å². The molecule has 0 spiro atoms. The third kappa shape index (κ3) is 2.69. The highest BCUT2D eigenvalue weighted by Gasteiger charge is 2.31. The van der Waals surface area contributed by atoms with Crippen LogP contribution in [-0.4, -0.2) is 23.2 Å². The molecule has 19 heavy (non-hydrogen) atoms. The summed E-state index contributed by atoms with van der Waals surface area (Å²) in [5.41, 5.74) is 0. The summed E-state index contributed by atoms with van der Waals surface area (Å²) in [6.45, 7) is 6.59. The fraction of sp³-hybridized carbons (Fsp3) is 0.867. The maximum atomic E-state index is 5.52. The van der Waals surface area contributed by atoms with Crippen LogP contribution in [0.2, 0.25) is 0 Å². The van der Waals surface area contributed by atoms with Gasteiger partial charge in [0.2, 0.25) is 5.89 Å². The van der Waals surface area contributed by atoms with Crippen molar-refractivity contribution in [1.82, 2.24) is 15.5 Å². The summed E-state index contributed by atoms with van der Waals surface area (Å²) < 4.78 is 5.52. The van der Waals surface area contributed by atoms with Gasteiger partial charge < -0.3 is 9.84 Å². The van der Waals surface area contributed by atoms with Crippen LogP contribution in [0.1, 0.15) is 69.5 Å². The van der Waals surface area contributed by atoms with Crippen molar-refractivity contribution >= 4 is 0 Å². The third-order valence-electron chi connectivity index (χ3n) is 5.08. The van der Waals surface area contributed by atoms with Gasteiger partial charge in [-0.05, 0) is 44.1 Å². The number of aromatic nitrogens is 2. The Labute approximate surface area is 115 Å².